The number of urea groups is 1. The van der Waals surface area contributed by atoms with E-state index in [1.807, 2.05) is 6.07 Å². The number of amides is 2. The number of pyridine rings is 1. The van der Waals surface area contributed by atoms with Gasteiger partial charge in [-0.05, 0) is 55.0 Å². The van der Waals surface area contributed by atoms with Crippen LogP contribution < -0.4 is 5.32 Å². The monoisotopic (exact) mass is 476 g/mol. The summed E-state index contributed by atoms with van der Waals surface area (Å²) >= 11 is 0. The van der Waals surface area contributed by atoms with Gasteiger partial charge >= 0.3 is 18.2 Å². The molecule has 4 rings (SSSR count). The fourth-order valence-electron chi connectivity index (χ4n) is 4.55. The van der Waals surface area contributed by atoms with E-state index in [9.17, 15) is 27.9 Å². The van der Waals surface area contributed by atoms with E-state index in [-0.39, 0.29) is 18.1 Å². The van der Waals surface area contributed by atoms with Crippen molar-refractivity contribution in [3.05, 3.63) is 58.8 Å². The van der Waals surface area contributed by atoms with Gasteiger partial charge < -0.3 is 20.2 Å². The smallest absolute Gasteiger partial charge is 0.416 e. The van der Waals surface area contributed by atoms with Crippen LogP contribution in [0.4, 0.5) is 23.8 Å². The molecule has 7 nitrogen and oxygen atoms in total. The number of carboxylic acid groups (broad SMARTS) is 1. The van der Waals surface area contributed by atoms with E-state index in [1.165, 1.54) is 22.6 Å². The summed E-state index contributed by atoms with van der Waals surface area (Å²) in [6.45, 7) is 2.02. The van der Waals surface area contributed by atoms with Crippen LogP contribution in [-0.2, 0) is 23.8 Å². The Labute approximate surface area is 195 Å². The number of fused-ring (bicyclic) bond motifs is 1. The maximum atomic E-state index is 13.2. The van der Waals surface area contributed by atoms with Gasteiger partial charge in [0.1, 0.15) is 5.82 Å². The minimum absolute atomic E-state index is 0.165. The molecule has 0 radical (unpaired) electrons. The van der Waals surface area contributed by atoms with Crippen LogP contribution in [0.1, 0.15) is 47.7 Å². The number of aryl methyl sites for hydroxylation is 2. The fraction of sp³-hybridized carbons (Fsp3) is 0.458. The second-order valence-electron chi connectivity index (χ2n) is 8.64. The SMILES string of the molecule is O=C(O)CC(c1cccc(C(F)(F)F)c1)N1CCN(CCCc2ccc3c(n2)NCCC3)C1=O. The first-order valence-electron chi connectivity index (χ1n) is 11.4. The minimum Gasteiger partial charge on any atom is -0.481 e. The number of halogens is 3. The van der Waals surface area contributed by atoms with E-state index >= 15 is 0 Å². The number of rotatable bonds is 8. The van der Waals surface area contributed by atoms with Gasteiger partial charge in [-0.25, -0.2) is 9.78 Å². The summed E-state index contributed by atoms with van der Waals surface area (Å²) < 4.78 is 39.5. The molecule has 0 saturated carbocycles. The summed E-state index contributed by atoms with van der Waals surface area (Å²) in [5.41, 5.74) is 1.44. The standard InChI is InChI=1S/C24H27F3N4O3/c25-24(26,27)18-6-1-4-17(14-18)20(15-21(32)33)31-13-12-30(23(31)34)11-3-7-19-9-8-16-5-2-10-28-22(16)29-19/h1,4,6,8-9,14,20H,2-3,5,7,10-13,15H2,(H,28,29)(H,32,33). The molecule has 0 spiro atoms. The number of nitrogens with one attached hydrogen (secondary N) is 1. The Morgan fingerprint density at radius 2 is 2.03 bits per heavy atom. The zero-order chi connectivity index (χ0) is 24.3. The second-order valence-corrected chi connectivity index (χ2v) is 8.64. The predicted octanol–water partition coefficient (Wildman–Crippen LogP) is 4.34. The lowest BCUT2D eigenvalue weighted by Crippen LogP contribution is -2.36. The van der Waals surface area contributed by atoms with E-state index in [4.69, 9.17) is 0 Å². The summed E-state index contributed by atoms with van der Waals surface area (Å²) in [5, 5.41) is 12.7. The van der Waals surface area contributed by atoms with Gasteiger partial charge in [-0.3, -0.25) is 4.79 Å². The van der Waals surface area contributed by atoms with E-state index in [0.717, 1.165) is 43.0 Å². The molecule has 1 aromatic heterocycles. The molecule has 10 heteroatoms. The third-order valence-corrected chi connectivity index (χ3v) is 6.28. The molecule has 1 atom stereocenters. The Kier molecular flexibility index (Phi) is 6.95. The molecular weight excluding hydrogens is 449 g/mol. The summed E-state index contributed by atoms with van der Waals surface area (Å²) in [6.07, 6.45) is -1.55. The number of hydrogen-bond acceptors (Lipinski definition) is 4. The van der Waals surface area contributed by atoms with Crippen molar-refractivity contribution in [3.8, 4) is 0 Å². The first-order chi connectivity index (χ1) is 16.2. The van der Waals surface area contributed by atoms with Gasteiger partial charge in [0.15, 0.2) is 0 Å². The average molecular weight is 476 g/mol. The number of carbonyl (C=O) groups excluding carboxylic acids is 1. The van der Waals surface area contributed by atoms with Crippen LogP contribution in [0.5, 0.6) is 0 Å². The predicted molar refractivity (Wildman–Crippen MR) is 119 cm³/mol. The maximum absolute atomic E-state index is 13.2. The Morgan fingerprint density at radius 1 is 1.21 bits per heavy atom. The van der Waals surface area contributed by atoms with Gasteiger partial charge in [0.05, 0.1) is 18.0 Å². The molecule has 182 valence electrons. The molecule has 1 unspecified atom stereocenters. The molecule has 1 fully saturated rings. The summed E-state index contributed by atoms with van der Waals surface area (Å²) in [5.74, 6) is -0.259. The van der Waals surface area contributed by atoms with Crippen molar-refractivity contribution in [1.82, 2.24) is 14.8 Å². The van der Waals surface area contributed by atoms with Crippen molar-refractivity contribution in [1.29, 1.82) is 0 Å². The van der Waals surface area contributed by atoms with Crippen LogP contribution in [0.2, 0.25) is 0 Å². The van der Waals surface area contributed by atoms with Crippen molar-refractivity contribution >= 4 is 17.8 Å². The fourth-order valence-corrected chi connectivity index (χ4v) is 4.55. The Balaban J connectivity index is 1.40. The highest BCUT2D eigenvalue weighted by Crippen LogP contribution is 2.34. The quantitative estimate of drug-likeness (QED) is 0.592. The lowest BCUT2D eigenvalue weighted by molar-refractivity contribution is -0.138. The number of alkyl halides is 3. The minimum atomic E-state index is -4.55. The van der Waals surface area contributed by atoms with E-state index in [2.05, 4.69) is 16.4 Å². The summed E-state index contributed by atoms with van der Waals surface area (Å²) in [6, 6.07) is 7.30. The van der Waals surface area contributed by atoms with Crippen molar-refractivity contribution in [2.45, 2.75) is 44.3 Å². The molecule has 0 bridgehead atoms. The van der Waals surface area contributed by atoms with E-state index in [1.54, 1.807) is 4.90 Å². The van der Waals surface area contributed by atoms with Gasteiger partial charge in [0, 0.05) is 31.9 Å². The largest absolute Gasteiger partial charge is 0.481 e. The molecule has 2 aromatic rings. The lowest BCUT2D eigenvalue weighted by atomic mass is 10.00. The molecule has 0 aliphatic carbocycles. The maximum Gasteiger partial charge on any atom is 0.416 e. The molecule has 3 heterocycles. The number of anilines is 1. The number of aliphatic carboxylic acids is 1. The highest BCUT2D eigenvalue weighted by molar-refractivity contribution is 5.78. The second kappa shape index (κ2) is 9.90. The highest BCUT2D eigenvalue weighted by Gasteiger charge is 2.37. The third-order valence-electron chi connectivity index (χ3n) is 6.28. The van der Waals surface area contributed by atoms with Crippen LogP contribution in [-0.4, -0.2) is 58.1 Å². The van der Waals surface area contributed by atoms with Gasteiger partial charge in [-0.2, -0.15) is 13.2 Å². The number of carbonyl (C=O) groups is 2. The molecule has 2 aliphatic rings. The molecule has 2 aliphatic heterocycles. The molecule has 2 amide bonds. The van der Waals surface area contributed by atoms with Crippen molar-refractivity contribution < 1.29 is 27.9 Å². The number of carboxylic acids is 1. The Hall–Kier alpha value is -3.30. The first-order valence-corrected chi connectivity index (χ1v) is 11.4. The molecule has 1 aromatic carbocycles. The summed E-state index contributed by atoms with van der Waals surface area (Å²) in [7, 11) is 0. The van der Waals surface area contributed by atoms with Gasteiger partial charge in [-0.1, -0.05) is 18.2 Å². The topological polar surface area (TPSA) is 85.8 Å². The van der Waals surface area contributed by atoms with Crippen molar-refractivity contribution in [2.24, 2.45) is 0 Å². The van der Waals surface area contributed by atoms with Crippen LogP contribution >= 0.6 is 0 Å². The summed E-state index contributed by atoms with van der Waals surface area (Å²) in [4.78, 5) is 32.1. The highest BCUT2D eigenvalue weighted by atomic mass is 19.4. The first kappa shape index (κ1) is 23.8. The number of benzene rings is 1. The van der Waals surface area contributed by atoms with E-state index in [0.29, 0.717) is 25.9 Å². The van der Waals surface area contributed by atoms with Crippen LogP contribution in [0.3, 0.4) is 0 Å². The van der Waals surface area contributed by atoms with Crippen LogP contribution in [0.25, 0.3) is 0 Å². The average Bonchev–Trinajstić information content (AvgIpc) is 3.17. The number of aromatic nitrogens is 1. The third kappa shape index (κ3) is 5.43. The Morgan fingerprint density at radius 3 is 2.79 bits per heavy atom. The normalized spacial score (nSPS) is 16.9. The van der Waals surface area contributed by atoms with Gasteiger partial charge in [0.25, 0.3) is 0 Å². The van der Waals surface area contributed by atoms with Crippen molar-refractivity contribution in [3.63, 3.8) is 0 Å². The van der Waals surface area contributed by atoms with Crippen LogP contribution in [0, 0.1) is 0 Å². The van der Waals surface area contributed by atoms with E-state index < -0.39 is 30.2 Å². The zero-order valence-corrected chi connectivity index (χ0v) is 18.6. The van der Waals surface area contributed by atoms with Crippen molar-refractivity contribution in [2.75, 3.05) is 31.5 Å². The van der Waals surface area contributed by atoms with Crippen LogP contribution in [0.15, 0.2) is 36.4 Å². The molecule has 34 heavy (non-hydrogen) atoms. The Bertz CT molecular complexity index is 1060. The number of hydrogen-bond donors (Lipinski definition) is 2. The van der Waals surface area contributed by atoms with Gasteiger partial charge in [0.2, 0.25) is 0 Å². The molecule has 1 saturated heterocycles. The number of nitrogens with zero attached hydrogens (tertiary/aromatic N) is 3. The van der Waals surface area contributed by atoms with Gasteiger partial charge in [-0.15, -0.1) is 0 Å². The molecule has 2 N–H and O–H groups in total. The molecular formula is C24H27F3N4O3. The zero-order valence-electron chi connectivity index (χ0n) is 18.6. The lowest BCUT2D eigenvalue weighted by Gasteiger charge is -2.28.